The second-order valence-corrected chi connectivity index (χ2v) is 6.03. The Morgan fingerprint density at radius 3 is 2.57 bits per heavy atom. The molecule has 2 aromatic carbocycles. The van der Waals surface area contributed by atoms with Crippen molar-refractivity contribution in [3.05, 3.63) is 52.0 Å². The van der Waals surface area contributed by atoms with Crippen molar-refractivity contribution in [1.29, 1.82) is 0 Å². The Morgan fingerprint density at radius 1 is 1.13 bits per heavy atom. The topological polar surface area (TPSA) is 50.4 Å². The van der Waals surface area contributed by atoms with Gasteiger partial charge < -0.3 is 15.4 Å². The van der Waals surface area contributed by atoms with Gasteiger partial charge in [-0.25, -0.2) is 0 Å². The maximum Gasteiger partial charge on any atom is 0.246 e. The maximum absolute atomic E-state index is 12.3. The quantitative estimate of drug-likeness (QED) is 0.816. The Labute approximate surface area is 145 Å². The SMILES string of the molecule is COc1ccc(C)cc1NC(C)C(=O)Nc1cc(Cl)ccc1Cl. The van der Waals surface area contributed by atoms with Gasteiger partial charge in [0.05, 0.1) is 23.5 Å². The Kier molecular flexibility index (Phi) is 5.74. The summed E-state index contributed by atoms with van der Waals surface area (Å²) in [6.45, 7) is 3.73. The third-order valence-electron chi connectivity index (χ3n) is 3.31. The van der Waals surface area contributed by atoms with Crippen LogP contribution in [0.2, 0.25) is 10.0 Å². The van der Waals surface area contributed by atoms with Crippen LogP contribution >= 0.6 is 23.2 Å². The molecule has 0 saturated carbocycles. The van der Waals surface area contributed by atoms with Gasteiger partial charge in [-0.2, -0.15) is 0 Å². The zero-order chi connectivity index (χ0) is 17.0. The lowest BCUT2D eigenvalue weighted by molar-refractivity contribution is -0.116. The molecule has 122 valence electrons. The van der Waals surface area contributed by atoms with E-state index in [2.05, 4.69) is 10.6 Å². The van der Waals surface area contributed by atoms with Gasteiger partial charge in [0.1, 0.15) is 11.8 Å². The van der Waals surface area contributed by atoms with Gasteiger partial charge in [0.25, 0.3) is 0 Å². The minimum atomic E-state index is -0.485. The van der Waals surface area contributed by atoms with Crippen molar-refractivity contribution in [3.8, 4) is 5.75 Å². The highest BCUT2D eigenvalue weighted by atomic mass is 35.5. The van der Waals surface area contributed by atoms with Crippen molar-refractivity contribution in [2.24, 2.45) is 0 Å². The summed E-state index contributed by atoms with van der Waals surface area (Å²) in [6.07, 6.45) is 0. The van der Waals surface area contributed by atoms with Crippen molar-refractivity contribution in [1.82, 2.24) is 0 Å². The van der Waals surface area contributed by atoms with E-state index in [1.54, 1.807) is 32.2 Å². The molecule has 0 spiro atoms. The Morgan fingerprint density at radius 2 is 1.87 bits per heavy atom. The number of hydrogen-bond donors (Lipinski definition) is 2. The van der Waals surface area contributed by atoms with Gasteiger partial charge in [0.15, 0.2) is 0 Å². The molecule has 0 aliphatic heterocycles. The van der Waals surface area contributed by atoms with Gasteiger partial charge in [-0.3, -0.25) is 4.79 Å². The zero-order valence-corrected chi connectivity index (χ0v) is 14.6. The summed E-state index contributed by atoms with van der Waals surface area (Å²) < 4.78 is 5.30. The van der Waals surface area contributed by atoms with E-state index >= 15 is 0 Å². The maximum atomic E-state index is 12.3. The van der Waals surface area contributed by atoms with Crippen LogP contribution in [0.1, 0.15) is 12.5 Å². The van der Waals surface area contributed by atoms with Crippen molar-refractivity contribution in [2.75, 3.05) is 17.7 Å². The molecule has 0 bridgehead atoms. The number of anilines is 2. The lowest BCUT2D eigenvalue weighted by atomic mass is 10.2. The predicted molar refractivity (Wildman–Crippen MR) is 95.9 cm³/mol. The van der Waals surface area contributed by atoms with Crippen molar-refractivity contribution >= 4 is 40.5 Å². The van der Waals surface area contributed by atoms with Crippen LogP contribution in [0.5, 0.6) is 5.75 Å². The lowest BCUT2D eigenvalue weighted by Crippen LogP contribution is -2.32. The van der Waals surface area contributed by atoms with Crippen LogP contribution in [0.25, 0.3) is 0 Å². The summed E-state index contributed by atoms with van der Waals surface area (Å²) in [5.74, 6) is 0.453. The third-order valence-corrected chi connectivity index (χ3v) is 3.87. The van der Waals surface area contributed by atoms with E-state index in [1.807, 2.05) is 25.1 Å². The normalized spacial score (nSPS) is 11.7. The van der Waals surface area contributed by atoms with Crippen LogP contribution in [0.15, 0.2) is 36.4 Å². The number of amides is 1. The van der Waals surface area contributed by atoms with E-state index in [0.717, 1.165) is 11.3 Å². The molecule has 0 radical (unpaired) electrons. The summed E-state index contributed by atoms with van der Waals surface area (Å²) in [5.41, 5.74) is 2.31. The van der Waals surface area contributed by atoms with Crippen LogP contribution in [0.4, 0.5) is 11.4 Å². The number of carbonyl (C=O) groups excluding carboxylic acids is 1. The van der Waals surface area contributed by atoms with Crippen LogP contribution in [0, 0.1) is 6.92 Å². The second kappa shape index (κ2) is 7.57. The molecule has 23 heavy (non-hydrogen) atoms. The molecule has 1 atom stereocenters. The number of nitrogens with one attached hydrogen (secondary N) is 2. The molecule has 0 saturated heterocycles. The number of rotatable bonds is 5. The van der Waals surface area contributed by atoms with E-state index < -0.39 is 6.04 Å². The van der Waals surface area contributed by atoms with E-state index in [9.17, 15) is 4.79 Å². The van der Waals surface area contributed by atoms with Gasteiger partial charge >= 0.3 is 0 Å². The lowest BCUT2D eigenvalue weighted by Gasteiger charge is -2.18. The number of methoxy groups -OCH3 is 1. The minimum Gasteiger partial charge on any atom is -0.495 e. The molecule has 2 rings (SSSR count). The monoisotopic (exact) mass is 352 g/mol. The highest BCUT2D eigenvalue weighted by Crippen LogP contribution is 2.27. The molecule has 0 aliphatic carbocycles. The molecule has 6 heteroatoms. The molecule has 0 heterocycles. The Hall–Kier alpha value is -1.91. The fourth-order valence-corrected chi connectivity index (χ4v) is 2.40. The standard InChI is InChI=1S/C17H18Cl2N2O2/c1-10-4-7-16(23-3)15(8-10)20-11(2)17(22)21-14-9-12(18)5-6-13(14)19/h4-9,11,20H,1-3H3,(H,21,22). The zero-order valence-electron chi connectivity index (χ0n) is 13.1. The number of hydrogen-bond acceptors (Lipinski definition) is 3. The second-order valence-electron chi connectivity index (χ2n) is 5.18. The third kappa shape index (κ3) is 4.53. The molecular weight excluding hydrogens is 335 g/mol. The first kappa shape index (κ1) is 17.4. The summed E-state index contributed by atoms with van der Waals surface area (Å²) in [5, 5.41) is 6.85. The Bertz CT molecular complexity index is 720. The van der Waals surface area contributed by atoms with Gasteiger partial charge in [-0.1, -0.05) is 29.3 Å². The Balaban J connectivity index is 2.11. The molecule has 1 unspecified atom stereocenters. The summed E-state index contributed by atoms with van der Waals surface area (Å²) in [4.78, 5) is 12.3. The van der Waals surface area contributed by atoms with Crippen LogP contribution in [-0.2, 0) is 4.79 Å². The number of ether oxygens (including phenoxy) is 1. The fraction of sp³-hybridized carbons (Fsp3) is 0.235. The van der Waals surface area contributed by atoms with Gasteiger partial charge in [0.2, 0.25) is 5.91 Å². The van der Waals surface area contributed by atoms with Crippen molar-refractivity contribution < 1.29 is 9.53 Å². The van der Waals surface area contributed by atoms with Crippen molar-refractivity contribution in [2.45, 2.75) is 19.9 Å². The molecular formula is C17H18Cl2N2O2. The summed E-state index contributed by atoms with van der Waals surface area (Å²) in [6, 6.07) is 10.2. The summed E-state index contributed by atoms with van der Waals surface area (Å²) >= 11 is 12.0. The first-order chi connectivity index (χ1) is 10.9. The van der Waals surface area contributed by atoms with Gasteiger partial charge in [-0.15, -0.1) is 0 Å². The average Bonchev–Trinajstić information content (AvgIpc) is 2.51. The largest absolute Gasteiger partial charge is 0.495 e. The highest BCUT2D eigenvalue weighted by Gasteiger charge is 2.16. The molecule has 0 aromatic heterocycles. The predicted octanol–water partition coefficient (Wildman–Crippen LogP) is 4.75. The van der Waals surface area contributed by atoms with Crippen LogP contribution in [0.3, 0.4) is 0 Å². The number of aryl methyl sites for hydroxylation is 1. The van der Waals surface area contributed by atoms with Crippen LogP contribution in [-0.4, -0.2) is 19.1 Å². The van der Waals surface area contributed by atoms with E-state index in [0.29, 0.717) is 21.5 Å². The van der Waals surface area contributed by atoms with Crippen molar-refractivity contribution in [3.63, 3.8) is 0 Å². The molecule has 0 fully saturated rings. The van der Waals surface area contributed by atoms with Crippen LogP contribution < -0.4 is 15.4 Å². The molecule has 2 N–H and O–H groups in total. The molecule has 0 aliphatic rings. The van der Waals surface area contributed by atoms with Gasteiger partial charge in [-0.05, 0) is 49.7 Å². The first-order valence-electron chi connectivity index (χ1n) is 7.08. The number of benzene rings is 2. The van der Waals surface area contributed by atoms with E-state index in [1.165, 1.54) is 0 Å². The minimum absolute atomic E-state index is 0.224. The fourth-order valence-electron chi connectivity index (χ4n) is 2.07. The summed E-state index contributed by atoms with van der Waals surface area (Å²) in [7, 11) is 1.59. The van der Waals surface area contributed by atoms with E-state index in [-0.39, 0.29) is 5.91 Å². The number of carbonyl (C=O) groups is 1. The van der Waals surface area contributed by atoms with Gasteiger partial charge in [0, 0.05) is 5.02 Å². The average molecular weight is 353 g/mol. The van der Waals surface area contributed by atoms with E-state index in [4.69, 9.17) is 27.9 Å². The smallest absolute Gasteiger partial charge is 0.246 e. The number of halogens is 2. The highest BCUT2D eigenvalue weighted by molar-refractivity contribution is 6.35. The molecule has 1 amide bonds. The first-order valence-corrected chi connectivity index (χ1v) is 7.83. The molecule has 4 nitrogen and oxygen atoms in total. The molecule has 2 aromatic rings.